The molecule has 1 aromatic carbocycles. The van der Waals surface area contributed by atoms with Crippen LogP contribution in [0, 0.1) is 11.3 Å². The number of aromatic nitrogens is 1. The number of piperidine rings is 1. The largest absolute Gasteiger partial charge is 0.495 e. The molecule has 2 aromatic rings. The number of rotatable bonds is 3. The van der Waals surface area contributed by atoms with Crippen molar-refractivity contribution in [2.45, 2.75) is 24.6 Å². The minimum atomic E-state index is -4.50. The SMILES string of the molecule is COc1cnc(C#N)c(Nc2cc3c(c(C(F)(F)F)c2)N(C)[C@@H]2CCNC[C@H]32)c1. The Kier molecular flexibility index (Phi) is 4.74. The van der Waals surface area contributed by atoms with E-state index in [0.717, 1.165) is 19.0 Å². The third kappa shape index (κ3) is 3.34. The molecule has 1 aromatic heterocycles. The summed E-state index contributed by atoms with van der Waals surface area (Å²) < 4.78 is 46.9. The van der Waals surface area contributed by atoms with Crippen molar-refractivity contribution in [3.05, 3.63) is 41.2 Å². The molecule has 152 valence electrons. The third-order valence-corrected chi connectivity index (χ3v) is 5.62. The first-order valence-corrected chi connectivity index (χ1v) is 9.23. The van der Waals surface area contributed by atoms with Crippen molar-refractivity contribution in [2.24, 2.45) is 0 Å². The molecule has 6 nitrogen and oxygen atoms in total. The molecule has 4 rings (SSSR count). The number of nitrogens with one attached hydrogen (secondary N) is 2. The van der Waals surface area contributed by atoms with Crippen LogP contribution in [0.15, 0.2) is 24.4 Å². The van der Waals surface area contributed by atoms with Gasteiger partial charge in [0.05, 0.1) is 30.2 Å². The Hall–Kier alpha value is -2.99. The van der Waals surface area contributed by atoms with Crippen LogP contribution in [0.2, 0.25) is 0 Å². The first-order valence-electron chi connectivity index (χ1n) is 9.23. The Balaban J connectivity index is 1.82. The molecular weight excluding hydrogens is 383 g/mol. The average Bonchev–Trinajstić information content (AvgIpc) is 2.99. The quantitative estimate of drug-likeness (QED) is 0.816. The maximum Gasteiger partial charge on any atom is 0.418 e. The van der Waals surface area contributed by atoms with E-state index in [-0.39, 0.29) is 29.0 Å². The third-order valence-electron chi connectivity index (χ3n) is 5.62. The van der Waals surface area contributed by atoms with Crippen LogP contribution < -0.4 is 20.3 Å². The number of likely N-dealkylation sites (N-methyl/N-ethyl adjacent to an activating group) is 1. The predicted molar refractivity (Wildman–Crippen MR) is 103 cm³/mol. The number of hydrogen-bond acceptors (Lipinski definition) is 6. The van der Waals surface area contributed by atoms with Gasteiger partial charge in [-0.05, 0) is 30.7 Å². The molecule has 3 heterocycles. The fourth-order valence-corrected chi connectivity index (χ4v) is 4.31. The standard InChI is InChI=1S/C20H20F3N5O/c1-28-18-3-4-25-10-14(18)13-5-11(6-15(19(13)28)20(21,22)23)27-16-7-12(29-2)9-26-17(16)8-24/h5-7,9,14,18,25,27H,3-4,10H2,1-2H3/t14-,18-/m1/s1. The highest BCUT2D eigenvalue weighted by Gasteiger charge is 2.45. The molecule has 0 bridgehead atoms. The van der Waals surface area contributed by atoms with E-state index in [2.05, 4.69) is 15.6 Å². The number of alkyl halides is 3. The molecule has 0 aliphatic carbocycles. The molecule has 0 spiro atoms. The number of methoxy groups -OCH3 is 1. The van der Waals surface area contributed by atoms with E-state index in [1.807, 2.05) is 6.07 Å². The number of fused-ring (bicyclic) bond motifs is 3. The molecule has 29 heavy (non-hydrogen) atoms. The van der Waals surface area contributed by atoms with Crippen molar-refractivity contribution in [1.82, 2.24) is 10.3 Å². The molecule has 0 radical (unpaired) electrons. The molecule has 9 heteroatoms. The van der Waals surface area contributed by atoms with Crippen LogP contribution >= 0.6 is 0 Å². The van der Waals surface area contributed by atoms with Gasteiger partial charge < -0.3 is 20.3 Å². The lowest BCUT2D eigenvalue weighted by Gasteiger charge is -2.31. The highest BCUT2D eigenvalue weighted by Crippen LogP contribution is 2.50. The molecule has 1 saturated heterocycles. The summed E-state index contributed by atoms with van der Waals surface area (Å²) in [5.41, 5.74) is 0.868. The lowest BCUT2D eigenvalue weighted by atomic mass is 9.89. The van der Waals surface area contributed by atoms with Gasteiger partial charge in [-0.25, -0.2) is 4.98 Å². The highest BCUT2D eigenvalue weighted by molar-refractivity contribution is 5.75. The fraction of sp³-hybridized carbons (Fsp3) is 0.400. The Bertz CT molecular complexity index is 985. The van der Waals surface area contributed by atoms with Gasteiger partial charge in [-0.2, -0.15) is 18.4 Å². The first kappa shape index (κ1) is 19.3. The van der Waals surface area contributed by atoms with E-state index in [4.69, 9.17) is 4.74 Å². The Morgan fingerprint density at radius 3 is 2.83 bits per heavy atom. The minimum Gasteiger partial charge on any atom is -0.495 e. The summed E-state index contributed by atoms with van der Waals surface area (Å²) in [6, 6.07) is 6.38. The van der Waals surface area contributed by atoms with Gasteiger partial charge in [0, 0.05) is 37.3 Å². The number of benzene rings is 1. The maximum absolute atomic E-state index is 13.9. The Labute approximate surface area is 166 Å². The van der Waals surface area contributed by atoms with Gasteiger partial charge in [-0.15, -0.1) is 0 Å². The Morgan fingerprint density at radius 2 is 2.14 bits per heavy atom. The van der Waals surface area contributed by atoms with Crippen LogP contribution in [0.1, 0.15) is 29.2 Å². The summed E-state index contributed by atoms with van der Waals surface area (Å²) in [4.78, 5) is 5.76. The number of halogens is 3. The first-order chi connectivity index (χ1) is 13.8. The zero-order valence-corrected chi connectivity index (χ0v) is 16.0. The van der Waals surface area contributed by atoms with Gasteiger partial charge in [-0.1, -0.05) is 0 Å². The topological polar surface area (TPSA) is 73.2 Å². The van der Waals surface area contributed by atoms with Gasteiger partial charge in [0.25, 0.3) is 0 Å². The zero-order chi connectivity index (χ0) is 20.8. The zero-order valence-electron chi connectivity index (χ0n) is 16.0. The summed E-state index contributed by atoms with van der Waals surface area (Å²) >= 11 is 0. The number of pyridine rings is 1. The minimum absolute atomic E-state index is 0.0227. The van der Waals surface area contributed by atoms with E-state index in [9.17, 15) is 18.4 Å². The molecular formula is C20H20F3N5O. The van der Waals surface area contributed by atoms with Gasteiger partial charge in [0.15, 0.2) is 5.69 Å². The summed E-state index contributed by atoms with van der Waals surface area (Å²) in [5, 5.41) is 15.5. The van der Waals surface area contributed by atoms with Crippen molar-refractivity contribution < 1.29 is 17.9 Å². The second-order valence-electron chi connectivity index (χ2n) is 7.25. The van der Waals surface area contributed by atoms with Crippen molar-refractivity contribution in [2.75, 3.05) is 37.5 Å². The summed E-state index contributed by atoms with van der Waals surface area (Å²) in [6.07, 6.45) is -2.32. The predicted octanol–water partition coefficient (Wildman–Crippen LogP) is 3.62. The van der Waals surface area contributed by atoms with Crippen LogP contribution in [0.4, 0.5) is 30.2 Å². The van der Waals surface area contributed by atoms with Crippen LogP contribution in [-0.2, 0) is 6.18 Å². The van der Waals surface area contributed by atoms with Crippen molar-refractivity contribution in [3.63, 3.8) is 0 Å². The van der Waals surface area contributed by atoms with Gasteiger partial charge in [-0.3, -0.25) is 0 Å². The lowest BCUT2D eigenvalue weighted by molar-refractivity contribution is -0.137. The van der Waals surface area contributed by atoms with Gasteiger partial charge >= 0.3 is 6.18 Å². The molecule has 2 aliphatic rings. The lowest BCUT2D eigenvalue weighted by Crippen LogP contribution is -2.42. The molecule has 0 saturated carbocycles. The number of hydrogen-bond donors (Lipinski definition) is 2. The van der Waals surface area contributed by atoms with E-state index in [1.165, 1.54) is 13.3 Å². The van der Waals surface area contributed by atoms with E-state index in [0.29, 0.717) is 23.5 Å². The van der Waals surface area contributed by atoms with Gasteiger partial charge in [0.1, 0.15) is 11.8 Å². The summed E-state index contributed by atoms with van der Waals surface area (Å²) in [5.74, 6) is 0.380. The van der Waals surface area contributed by atoms with Gasteiger partial charge in [0.2, 0.25) is 0 Å². The second kappa shape index (κ2) is 7.12. The van der Waals surface area contributed by atoms with Crippen LogP contribution in [-0.4, -0.2) is 38.3 Å². The number of anilines is 3. The smallest absolute Gasteiger partial charge is 0.418 e. The monoisotopic (exact) mass is 403 g/mol. The highest BCUT2D eigenvalue weighted by atomic mass is 19.4. The van der Waals surface area contributed by atoms with Crippen molar-refractivity contribution in [1.29, 1.82) is 5.26 Å². The number of nitrogens with zero attached hydrogens (tertiary/aromatic N) is 3. The molecule has 0 unspecified atom stereocenters. The molecule has 2 N–H and O–H groups in total. The summed E-state index contributed by atoms with van der Waals surface area (Å²) in [6.45, 7) is 1.42. The second-order valence-corrected chi connectivity index (χ2v) is 7.25. The van der Waals surface area contributed by atoms with Crippen LogP contribution in [0.3, 0.4) is 0 Å². The van der Waals surface area contributed by atoms with Crippen LogP contribution in [0.25, 0.3) is 0 Å². The average molecular weight is 403 g/mol. The number of ether oxygens (including phenoxy) is 1. The molecule has 0 amide bonds. The van der Waals surface area contributed by atoms with E-state index < -0.39 is 11.7 Å². The molecule has 2 aliphatic heterocycles. The Morgan fingerprint density at radius 1 is 1.34 bits per heavy atom. The summed E-state index contributed by atoms with van der Waals surface area (Å²) in [7, 11) is 3.19. The fourth-order valence-electron chi connectivity index (χ4n) is 4.31. The molecule has 2 atom stereocenters. The molecule has 1 fully saturated rings. The maximum atomic E-state index is 13.9. The number of nitriles is 1. The van der Waals surface area contributed by atoms with Crippen molar-refractivity contribution in [3.8, 4) is 11.8 Å². The van der Waals surface area contributed by atoms with E-state index in [1.54, 1.807) is 24.1 Å². The van der Waals surface area contributed by atoms with E-state index >= 15 is 0 Å². The van der Waals surface area contributed by atoms with Crippen molar-refractivity contribution >= 4 is 17.1 Å². The normalized spacial score (nSPS) is 20.6. The van der Waals surface area contributed by atoms with Crippen LogP contribution in [0.5, 0.6) is 5.75 Å².